The van der Waals surface area contributed by atoms with Crippen molar-refractivity contribution in [3.63, 3.8) is 0 Å². The average molecular weight is 220 g/mol. The van der Waals surface area contributed by atoms with E-state index < -0.39 is 0 Å². The molecule has 0 aliphatic rings. The first-order valence-corrected chi connectivity index (χ1v) is 6.31. The van der Waals surface area contributed by atoms with Crippen molar-refractivity contribution in [2.75, 3.05) is 21.1 Å². The van der Waals surface area contributed by atoms with Crippen LogP contribution in [0.15, 0.2) is 24.3 Å². The molecule has 0 aromatic heterocycles. The van der Waals surface area contributed by atoms with Gasteiger partial charge < -0.3 is 4.48 Å². The molecule has 0 spiro atoms. The van der Waals surface area contributed by atoms with Crippen LogP contribution in [0.5, 0.6) is 0 Å². The molecule has 0 aliphatic heterocycles. The van der Waals surface area contributed by atoms with E-state index in [1.165, 1.54) is 24.0 Å². The van der Waals surface area contributed by atoms with Gasteiger partial charge in [-0.25, -0.2) is 0 Å². The molecule has 0 amide bonds. The third kappa shape index (κ3) is 4.36. The second-order valence-corrected chi connectivity index (χ2v) is 5.88. The Labute approximate surface area is 101 Å². The van der Waals surface area contributed by atoms with Crippen LogP contribution in [-0.2, 0) is 6.54 Å². The molecule has 1 aromatic rings. The third-order valence-electron chi connectivity index (χ3n) is 2.93. The Morgan fingerprint density at radius 3 is 2.06 bits per heavy atom. The van der Waals surface area contributed by atoms with Gasteiger partial charge in [0.1, 0.15) is 6.54 Å². The van der Waals surface area contributed by atoms with Crippen molar-refractivity contribution in [1.82, 2.24) is 0 Å². The zero-order valence-electron chi connectivity index (χ0n) is 11.5. The molecular formula is C15H26N+. The predicted octanol–water partition coefficient (Wildman–Crippen LogP) is 3.80. The summed E-state index contributed by atoms with van der Waals surface area (Å²) in [7, 11) is 6.69. The minimum Gasteiger partial charge on any atom is -0.327 e. The van der Waals surface area contributed by atoms with Crippen molar-refractivity contribution in [1.29, 1.82) is 0 Å². The molecule has 0 saturated heterocycles. The van der Waals surface area contributed by atoms with E-state index in [1.807, 2.05) is 0 Å². The molecule has 1 heteroatoms. The summed E-state index contributed by atoms with van der Waals surface area (Å²) in [6.07, 6.45) is 2.55. The lowest BCUT2D eigenvalue weighted by Crippen LogP contribution is -2.33. The number of benzene rings is 1. The van der Waals surface area contributed by atoms with Crippen molar-refractivity contribution in [2.24, 2.45) is 0 Å². The van der Waals surface area contributed by atoms with Gasteiger partial charge in [0.15, 0.2) is 0 Å². The van der Waals surface area contributed by atoms with Crippen LogP contribution in [0.3, 0.4) is 0 Å². The maximum Gasteiger partial charge on any atom is 0.104 e. The minimum absolute atomic E-state index is 0.697. The Bertz CT molecular complexity index is 305. The molecule has 16 heavy (non-hydrogen) atoms. The highest BCUT2D eigenvalue weighted by Gasteiger charge is 2.09. The minimum atomic E-state index is 0.697. The first-order valence-electron chi connectivity index (χ1n) is 6.31. The maximum atomic E-state index is 2.32. The van der Waals surface area contributed by atoms with Gasteiger partial charge in [-0.15, -0.1) is 0 Å². The summed E-state index contributed by atoms with van der Waals surface area (Å²) in [5.41, 5.74) is 2.91. The quantitative estimate of drug-likeness (QED) is 0.662. The molecule has 0 aliphatic carbocycles. The first-order chi connectivity index (χ1) is 7.42. The van der Waals surface area contributed by atoms with Crippen molar-refractivity contribution < 1.29 is 4.48 Å². The molecule has 0 heterocycles. The van der Waals surface area contributed by atoms with Gasteiger partial charge in [-0.2, -0.15) is 0 Å². The van der Waals surface area contributed by atoms with E-state index in [2.05, 4.69) is 59.3 Å². The SMILES string of the molecule is CCCC(C)c1ccc(C[N+](C)(C)C)cc1. The van der Waals surface area contributed by atoms with E-state index in [0.29, 0.717) is 5.92 Å². The number of rotatable bonds is 5. The van der Waals surface area contributed by atoms with Crippen molar-refractivity contribution >= 4 is 0 Å². The lowest BCUT2D eigenvalue weighted by atomic mass is 9.95. The van der Waals surface area contributed by atoms with E-state index in [9.17, 15) is 0 Å². The molecule has 0 bridgehead atoms. The molecule has 0 saturated carbocycles. The molecule has 1 rings (SSSR count). The molecule has 1 aromatic carbocycles. The predicted molar refractivity (Wildman–Crippen MR) is 71.5 cm³/mol. The monoisotopic (exact) mass is 220 g/mol. The number of hydrogen-bond acceptors (Lipinski definition) is 0. The van der Waals surface area contributed by atoms with Crippen LogP contribution in [0.2, 0.25) is 0 Å². The van der Waals surface area contributed by atoms with Gasteiger partial charge in [0, 0.05) is 5.56 Å². The smallest absolute Gasteiger partial charge is 0.104 e. The maximum absolute atomic E-state index is 2.32. The van der Waals surface area contributed by atoms with Gasteiger partial charge in [0.05, 0.1) is 21.1 Å². The van der Waals surface area contributed by atoms with Gasteiger partial charge >= 0.3 is 0 Å². The molecule has 90 valence electrons. The zero-order chi connectivity index (χ0) is 12.2. The van der Waals surface area contributed by atoms with Crippen molar-refractivity contribution in [3.05, 3.63) is 35.4 Å². The van der Waals surface area contributed by atoms with Crippen LogP contribution in [0.4, 0.5) is 0 Å². The van der Waals surface area contributed by atoms with Crippen LogP contribution in [-0.4, -0.2) is 25.6 Å². The van der Waals surface area contributed by atoms with Gasteiger partial charge in [0.25, 0.3) is 0 Å². The standard InChI is InChI=1S/C15H26N/c1-6-7-13(2)15-10-8-14(9-11-15)12-16(3,4)5/h8-11,13H,6-7,12H2,1-5H3/q+1. The molecule has 1 atom stereocenters. The zero-order valence-corrected chi connectivity index (χ0v) is 11.5. The van der Waals surface area contributed by atoms with E-state index in [-0.39, 0.29) is 0 Å². The number of hydrogen-bond donors (Lipinski definition) is 0. The van der Waals surface area contributed by atoms with Gasteiger partial charge in [-0.1, -0.05) is 44.5 Å². The van der Waals surface area contributed by atoms with Crippen molar-refractivity contribution in [3.8, 4) is 0 Å². The number of quaternary nitrogens is 1. The first kappa shape index (κ1) is 13.2. The Morgan fingerprint density at radius 1 is 1.06 bits per heavy atom. The largest absolute Gasteiger partial charge is 0.327 e. The van der Waals surface area contributed by atoms with Crippen molar-refractivity contribution in [2.45, 2.75) is 39.2 Å². The Morgan fingerprint density at radius 2 is 1.62 bits per heavy atom. The molecular weight excluding hydrogens is 194 g/mol. The fourth-order valence-electron chi connectivity index (χ4n) is 2.10. The molecule has 0 fully saturated rings. The summed E-state index contributed by atoms with van der Waals surface area (Å²) in [4.78, 5) is 0. The van der Waals surface area contributed by atoms with Gasteiger partial charge in [0.2, 0.25) is 0 Å². The summed E-state index contributed by atoms with van der Waals surface area (Å²) in [5.74, 6) is 0.697. The van der Waals surface area contributed by atoms with Crippen LogP contribution >= 0.6 is 0 Å². The second-order valence-electron chi connectivity index (χ2n) is 5.88. The fourth-order valence-corrected chi connectivity index (χ4v) is 2.10. The van der Waals surface area contributed by atoms with E-state index >= 15 is 0 Å². The summed E-state index contributed by atoms with van der Waals surface area (Å²) in [5, 5.41) is 0. The highest BCUT2D eigenvalue weighted by molar-refractivity contribution is 5.24. The van der Waals surface area contributed by atoms with Crippen LogP contribution < -0.4 is 0 Å². The Kier molecular flexibility index (Phi) is 4.55. The van der Waals surface area contributed by atoms with E-state index in [0.717, 1.165) is 11.0 Å². The Balaban J connectivity index is 2.68. The summed E-state index contributed by atoms with van der Waals surface area (Å²) in [6, 6.07) is 9.16. The lowest BCUT2D eigenvalue weighted by molar-refractivity contribution is -0.884. The summed E-state index contributed by atoms with van der Waals surface area (Å²) >= 11 is 0. The molecule has 1 unspecified atom stereocenters. The average Bonchev–Trinajstić information content (AvgIpc) is 2.16. The van der Waals surface area contributed by atoms with Gasteiger partial charge in [-0.3, -0.25) is 0 Å². The highest BCUT2D eigenvalue weighted by atomic mass is 15.3. The summed E-state index contributed by atoms with van der Waals surface area (Å²) < 4.78 is 0.990. The second kappa shape index (κ2) is 5.49. The highest BCUT2D eigenvalue weighted by Crippen LogP contribution is 2.21. The third-order valence-corrected chi connectivity index (χ3v) is 2.93. The number of nitrogens with zero attached hydrogens (tertiary/aromatic N) is 1. The molecule has 0 radical (unpaired) electrons. The summed E-state index contributed by atoms with van der Waals surface area (Å²) in [6.45, 7) is 5.67. The van der Waals surface area contributed by atoms with E-state index in [4.69, 9.17) is 0 Å². The normalized spacial score (nSPS) is 13.8. The van der Waals surface area contributed by atoms with E-state index in [1.54, 1.807) is 0 Å². The van der Waals surface area contributed by atoms with Crippen LogP contribution in [0.25, 0.3) is 0 Å². The van der Waals surface area contributed by atoms with Crippen LogP contribution in [0.1, 0.15) is 43.7 Å². The lowest BCUT2D eigenvalue weighted by Gasteiger charge is -2.24. The molecule has 0 N–H and O–H groups in total. The Hall–Kier alpha value is -0.820. The topological polar surface area (TPSA) is 0 Å². The van der Waals surface area contributed by atoms with Gasteiger partial charge in [-0.05, 0) is 17.9 Å². The van der Waals surface area contributed by atoms with Crippen LogP contribution in [0, 0.1) is 0 Å². The molecule has 1 nitrogen and oxygen atoms in total. The fraction of sp³-hybridized carbons (Fsp3) is 0.600.